The Balaban J connectivity index is 2.61. The van der Waals surface area contributed by atoms with Crippen LogP contribution in [0.2, 0.25) is 0 Å². The molecule has 0 aromatic heterocycles. The Bertz CT molecular complexity index is 421. The number of sulfonamides is 1. The van der Waals surface area contributed by atoms with Gasteiger partial charge in [0.05, 0.1) is 6.26 Å². The second-order valence-electron chi connectivity index (χ2n) is 4.50. The van der Waals surface area contributed by atoms with E-state index in [1.54, 1.807) is 12.1 Å². The first-order valence-corrected chi connectivity index (χ1v) is 7.32. The summed E-state index contributed by atoms with van der Waals surface area (Å²) < 4.78 is 24.4. The van der Waals surface area contributed by atoms with Crippen molar-refractivity contribution in [2.24, 2.45) is 5.92 Å². The largest absolute Gasteiger partial charge is 0.284 e. The zero-order valence-corrected chi connectivity index (χ0v) is 10.8. The fourth-order valence-corrected chi connectivity index (χ4v) is 1.97. The van der Waals surface area contributed by atoms with E-state index in [0.717, 1.165) is 19.1 Å². The Morgan fingerprint density at radius 2 is 1.75 bits per heavy atom. The van der Waals surface area contributed by atoms with Crippen molar-refractivity contribution in [3.05, 3.63) is 29.8 Å². The first kappa shape index (κ1) is 13.0. The van der Waals surface area contributed by atoms with Gasteiger partial charge in [-0.3, -0.25) is 4.72 Å². The number of anilines is 1. The minimum atomic E-state index is -3.17. The Morgan fingerprint density at radius 3 is 2.19 bits per heavy atom. The summed E-state index contributed by atoms with van der Waals surface area (Å²) >= 11 is 0. The van der Waals surface area contributed by atoms with Gasteiger partial charge in [0.2, 0.25) is 10.0 Å². The van der Waals surface area contributed by atoms with Gasteiger partial charge in [0.15, 0.2) is 0 Å². The highest BCUT2D eigenvalue weighted by Crippen LogP contribution is 2.13. The van der Waals surface area contributed by atoms with E-state index in [0.29, 0.717) is 11.6 Å². The molecule has 0 saturated heterocycles. The predicted molar refractivity (Wildman–Crippen MR) is 68.1 cm³/mol. The summed E-state index contributed by atoms with van der Waals surface area (Å²) in [4.78, 5) is 0. The zero-order valence-electron chi connectivity index (χ0n) is 10.0. The fraction of sp³-hybridized carbons (Fsp3) is 0.500. The van der Waals surface area contributed by atoms with Gasteiger partial charge in [-0.1, -0.05) is 26.0 Å². The van der Waals surface area contributed by atoms with Gasteiger partial charge in [0, 0.05) is 5.69 Å². The molecule has 3 nitrogen and oxygen atoms in total. The third-order valence-electron chi connectivity index (χ3n) is 2.27. The Labute approximate surface area is 97.9 Å². The summed E-state index contributed by atoms with van der Waals surface area (Å²) in [5.74, 6) is 0.689. The van der Waals surface area contributed by atoms with Crippen LogP contribution in [0.1, 0.15) is 25.8 Å². The molecule has 90 valence electrons. The number of hydrogen-bond acceptors (Lipinski definition) is 2. The van der Waals surface area contributed by atoms with Gasteiger partial charge in [0.1, 0.15) is 0 Å². The van der Waals surface area contributed by atoms with Crippen LogP contribution in [-0.2, 0) is 16.4 Å². The summed E-state index contributed by atoms with van der Waals surface area (Å²) in [6, 6.07) is 7.54. The minimum absolute atomic E-state index is 0.621. The van der Waals surface area contributed by atoms with Crippen molar-refractivity contribution in [2.45, 2.75) is 26.7 Å². The predicted octanol–water partition coefficient (Wildman–Crippen LogP) is 2.65. The van der Waals surface area contributed by atoms with Crippen molar-refractivity contribution in [3.63, 3.8) is 0 Å². The zero-order chi connectivity index (χ0) is 12.2. The van der Waals surface area contributed by atoms with Crippen molar-refractivity contribution in [1.82, 2.24) is 0 Å². The van der Waals surface area contributed by atoms with E-state index in [2.05, 4.69) is 18.6 Å². The van der Waals surface area contributed by atoms with Crippen molar-refractivity contribution in [2.75, 3.05) is 11.0 Å². The van der Waals surface area contributed by atoms with Crippen molar-refractivity contribution < 1.29 is 8.42 Å². The lowest BCUT2D eigenvalue weighted by Gasteiger charge is -2.07. The Morgan fingerprint density at radius 1 is 1.19 bits per heavy atom. The van der Waals surface area contributed by atoms with E-state index in [1.165, 1.54) is 5.56 Å². The summed E-state index contributed by atoms with van der Waals surface area (Å²) in [6.45, 7) is 4.39. The lowest BCUT2D eigenvalue weighted by Crippen LogP contribution is -2.09. The van der Waals surface area contributed by atoms with Crippen LogP contribution >= 0.6 is 0 Å². The molecule has 1 N–H and O–H groups in total. The number of hydrogen-bond donors (Lipinski definition) is 1. The number of nitrogens with one attached hydrogen (secondary N) is 1. The summed E-state index contributed by atoms with van der Waals surface area (Å²) in [5.41, 5.74) is 1.86. The van der Waals surface area contributed by atoms with Crippen LogP contribution in [0.4, 0.5) is 5.69 Å². The topological polar surface area (TPSA) is 46.2 Å². The summed E-state index contributed by atoms with van der Waals surface area (Å²) in [5, 5.41) is 0. The van der Waals surface area contributed by atoms with Crippen molar-refractivity contribution in [1.29, 1.82) is 0 Å². The van der Waals surface area contributed by atoms with Crippen LogP contribution < -0.4 is 4.72 Å². The molecule has 16 heavy (non-hydrogen) atoms. The highest BCUT2D eigenvalue weighted by Gasteiger charge is 2.01. The molecular formula is C12H19NO2S. The van der Waals surface area contributed by atoms with E-state index in [4.69, 9.17) is 0 Å². The third kappa shape index (κ3) is 5.16. The average molecular weight is 241 g/mol. The van der Waals surface area contributed by atoms with Gasteiger partial charge in [-0.25, -0.2) is 8.42 Å². The van der Waals surface area contributed by atoms with Gasteiger partial charge in [-0.05, 0) is 36.5 Å². The lowest BCUT2D eigenvalue weighted by molar-refractivity contribution is 0.587. The lowest BCUT2D eigenvalue weighted by atomic mass is 10.0. The quantitative estimate of drug-likeness (QED) is 0.861. The first-order valence-electron chi connectivity index (χ1n) is 5.43. The second-order valence-corrected chi connectivity index (χ2v) is 6.25. The molecule has 0 heterocycles. The molecule has 0 spiro atoms. The van der Waals surface area contributed by atoms with Gasteiger partial charge in [0.25, 0.3) is 0 Å². The number of benzene rings is 1. The monoisotopic (exact) mass is 241 g/mol. The highest BCUT2D eigenvalue weighted by molar-refractivity contribution is 7.92. The summed E-state index contributed by atoms with van der Waals surface area (Å²) in [6.07, 6.45) is 3.34. The minimum Gasteiger partial charge on any atom is -0.284 e. The smallest absolute Gasteiger partial charge is 0.229 e. The molecule has 0 atom stereocenters. The molecule has 0 aliphatic rings. The van der Waals surface area contributed by atoms with Crippen LogP contribution in [0.5, 0.6) is 0 Å². The second kappa shape index (κ2) is 5.34. The van der Waals surface area contributed by atoms with Gasteiger partial charge < -0.3 is 0 Å². The van der Waals surface area contributed by atoms with Crippen LogP contribution in [0.25, 0.3) is 0 Å². The van der Waals surface area contributed by atoms with Crippen molar-refractivity contribution >= 4 is 15.7 Å². The molecule has 0 amide bonds. The molecular weight excluding hydrogens is 222 g/mol. The molecule has 1 aromatic carbocycles. The first-order chi connectivity index (χ1) is 7.37. The number of aryl methyl sites for hydroxylation is 1. The Kier molecular flexibility index (Phi) is 4.35. The highest BCUT2D eigenvalue weighted by atomic mass is 32.2. The molecule has 0 fully saturated rings. The van der Waals surface area contributed by atoms with E-state index < -0.39 is 10.0 Å². The molecule has 0 unspecified atom stereocenters. The SMILES string of the molecule is CC(C)CCc1ccc(NS(C)(=O)=O)cc1. The molecule has 0 radical (unpaired) electrons. The van der Waals surface area contributed by atoms with Gasteiger partial charge in [-0.15, -0.1) is 0 Å². The van der Waals surface area contributed by atoms with E-state index in [9.17, 15) is 8.42 Å². The molecule has 1 rings (SSSR count). The summed E-state index contributed by atoms with van der Waals surface area (Å²) in [7, 11) is -3.17. The van der Waals surface area contributed by atoms with E-state index in [1.807, 2.05) is 12.1 Å². The van der Waals surface area contributed by atoms with Gasteiger partial charge >= 0.3 is 0 Å². The number of rotatable bonds is 5. The van der Waals surface area contributed by atoms with Crippen molar-refractivity contribution in [3.8, 4) is 0 Å². The van der Waals surface area contributed by atoms with Crippen LogP contribution in [-0.4, -0.2) is 14.7 Å². The Hall–Kier alpha value is -1.03. The standard InChI is InChI=1S/C12H19NO2S/c1-10(2)4-5-11-6-8-12(9-7-11)13-16(3,14)15/h6-10,13H,4-5H2,1-3H3. The molecule has 0 bridgehead atoms. The van der Waals surface area contributed by atoms with E-state index in [-0.39, 0.29) is 0 Å². The fourth-order valence-electron chi connectivity index (χ4n) is 1.41. The normalized spacial score (nSPS) is 11.8. The molecule has 4 heteroatoms. The van der Waals surface area contributed by atoms with Crippen LogP contribution in [0.15, 0.2) is 24.3 Å². The average Bonchev–Trinajstić information content (AvgIpc) is 2.14. The third-order valence-corrected chi connectivity index (χ3v) is 2.87. The molecule has 0 saturated carbocycles. The molecule has 0 aliphatic heterocycles. The van der Waals surface area contributed by atoms with Gasteiger partial charge in [-0.2, -0.15) is 0 Å². The molecule has 1 aromatic rings. The van der Waals surface area contributed by atoms with E-state index >= 15 is 0 Å². The maximum Gasteiger partial charge on any atom is 0.229 e. The molecule has 0 aliphatic carbocycles. The maximum absolute atomic E-state index is 11.0. The maximum atomic E-state index is 11.0. The van der Waals surface area contributed by atoms with Crippen LogP contribution in [0.3, 0.4) is 0 Å². The van der Waals surface area contributed by atoms with Crippen LogP contribution in [0, 0.1) is 5.92 Å².